The average molecular weight is 238 g/mol. The number of rotatable bonds is 1. The summed E-state index contributed by atoms with van der Waals surface area (Å²) in [5.74, 6) is -2.21. The van der Waals surface area contributed by atoms with Gasteiger partial charge in [0, 0.05) is 0 Å². The second-order valence-corrected chi connectivity index (χ2v) is 4.61. The lowest BCUT2D eigenvalue weighted by Gasteiger charge is -2.31. The maximum absolute atomic E-state index is 11.7. The summed E-state index contributed by atoms with van der Waals surface area (Å²) in [6.45, 7) is 0.934. The highest BCUT2D eigenvalue weighted by Gasteiger charge is 2.70. The predicted molar refractivity (Wildman–Crippen MR) is 50.5 cm³/mol. The quantitative estimate of drug-likeness (QED) is 0.344. The topological polar surface area (TPSA) is 71.1 Å². The van der Waals surface area contributed by atoms with E-state index in [0.717, 1.165) is 0 Å². The first-order chi connectivity index (χ1) is 8.22. The third kappa shape index (κ3) is 1.01. The third-order valence-electron chi connectivity index (χ3n) is 3.80. The molecule has 90 valence electrons. The van der Waals surface area contributed by atoms with Crippen molar-refractivity contribution in [2.24, 2.45) is 11.8 Å². The van der Waals surface area contributed by atoms with Crippen LogP contribution in [0.25, 0.3) is 0 Å². The SMILES string of the molecule is O=C1OC(=O)C2C1[C@@H]1C=C[C@@]2(C2OCCO2)O1. The zero-order valence-corrected chi connectivity index (χ0v) is 8.83. The fraction of sp³-hybridized carbons (Fsp3) is 0.636. The molecule has 0 N–H and O–H groups in total. The fourth-order valence-electron chi connectivity index (χ4n) is 3.13. The summed E-state index contributed by atoms with van der Waals surface area (Å²) in [4.78, 5) is 23.3. The van der Waals surface area contributed by atoms with Crippen LogP contribution < -0.4 is 0 Å². The molecule has 0 aromatic carbocycles. The standard InChI is InChI=1S/C11H10O6/c12-8-6-5-1-2-11(17-5,7(6)9(13)16-8)10-14-3-4-15-10/h1-2,5-7,10H,3-4H2/t5-,6?,7?,11+/m0/s1. The van der Waals surface area contributed by atoms with Crippen LogP contribution in [0.3, 0.4) is 0 Å². The van der Waals surface area contributed by atoms with Crippen molar-refractivity contribution in [2.75, 3.05) is 13.2 Å². The molecule has 6 heteroatoms. The molecule has 3 fully saturated rings. The van der Waals surface area contributed by atoms with Gasteiger partial charge in [-0.15, -0.1) is 0 Å². The molecule has 4 heterocycles. The molecule has 6 nitrogen and oxygen atoms in total. The highest BCUT2D eigenvalue weighted by molar-refractivity contribution is 5.99. The van der Waals surface area contributed by atoms with Crippen LogP contribution in [0.15, 0.2) is 12.2 Å². The van der Waals surface area contributed by atoms with Crippen molar-refractivity contribution >= 4 is 11.9 Å². The number of hydrogen-bond donors (Lipinski definition) is 0. The number of fused-ring (bicyclic) bond motifs is 5. The summed E-state index contributed by atoms with van der Waals surface area (Å²) in [5.41, 5.74) is -0.977. The minimum atomic E-state index is -0.977. The van der Waals surface area contributed by atoms with E-state index in [2.05, 4.69) is 4.74 Å². The van der Waals surface area contributed by atoms with Crippen LogP contribution in [0.2, 0.25) is 0 Å². The van der Waals surface area contributed by atoms with Crippen molar-refractivity contribution in [2.45, 2.75) is 18.0 Å². The van der Waals surface area contributed by atoms with Gasteiger partial charge < -0.3 is 18.9 Å². The Kier molecular flexibility index (Phi) is 1.69. The molecule has 0 saturated carbocycles. The summed E-state index contributed by atoms with van der Waals surface area (Å²) >= 11 is 0. The number of cyclic esters (lactones) is 2. The lowest BCUT2D eigenvalue weighted by Crippen LogP contribution is -2.48. The van der Waals surface area contributed by atoms with Gasteiger partial charge in [0.05, 0.1) is 19.3 Å². The van der Waals surface area contributed by atoms with Crippen LogP contribution >= 0.6 is 0 Å². The second kappa shape index (κ2) is 2.95. The van der Waals surface area contributed by atoms with Gasteiger partial charge >= 0.3 is 11.9 Å². The largest absolute Gasteiger partial charge is 0.393 e. The van der Waals surface area contributed by atoms with Crippen LogP contribution in [0.1, 0.15) is 0 Å². The number of ether oxygens (including phenoxy) is 4. The van der Waals surface area contributed by atoms with Crippen molar-refractivity contribution in [3.63, 3.8) is 0 Å². The number of carbonyl (C=O) groups is 2. The molecule has 0 aromatic heterocycles. The van der Waals surface area contributed by atoms with E-state index in [1.807, 2.05) is 0 Å². The molecule has 4 aliphatic heterocycles. The van der Waals surface area contributed by atoms with Crippen LogP contribution in [-0.4, -0.2) is 43.1 Å². The van der Waals surface area contributed by atoms with Crippen molar-refractivity contribution in [1.82, 2.24) is 0 Å². The number of hydrogen-bond acceptors (Lipinski definition) is 6. The normalized spacial score (nSPS) is 47.9. The summed E-state index contributed by atoms with van der Waals surface area (Å²) in [6.07, 6.45) is 2.53. The van der Waals surface area contributed by atoms with Crippen molar-refractivity contribution in [3.8, 4) is 0 Å². The smallest absolute Gasteiger partial charge is 0.321 e. The van der Waals surface area contributed by atoms with Gasteiger partial charge in [-0.25, -0.2) is 0 Å². The van der Waals surface area contributed by atoms with Gasteiger partial charge in [0.15, 0.2) is 11.9 Å². The van der Waals surface area contributed by atoms with E-state index < -0.39 is 41.8 Å². The highest BCUT2D eigenvalue weighted by Crippen LogP contribution is 2.53. The third-order valence-corrected chi connectivity index (χ3v) is 3.80. The summed E-state index contributed by atoms with van der Waals surface area (Å²) in [7, 11) is 0. The maximum Gasteiger partial charge on any atom is 0.321 e. The van der Waals surface area contributed by atoms with Crippen molar-refractivity contribution in [3.05, 3.63) is 12.2 Å². The Morgan fingerprint density at radius 3 is 2.71 bits per heavy atom. The van der Waals surface area contributed by atoms with Gasteiger partial charge in [0.1, 0.15) is 11.8 Å². The van der Waals surface area contributed by atoms with E-state index in [9.17, 15) is 9.59 Å². The summed E-state index contributed by atoms with van der Waals surface area (Å²) < 4.78 is 21.3. The molecule has 0 aliphatic carbocycles. The molecule has 0 amide bonds. The van der Waals surface area contributed by atoms with Gasteiger partial charge in [-0.1, -0.05) is 6.08 Å². The van der Waals surface area contributed by atoms with Gasteiger partial charge in [0.2, 0.25) is 0 Å². The van der Waals surface area contributed by atoms with E-state index in [4.69, 9.17) is 14.2 Å². The Morgan fingerprint density at radius 1 is 1.18 bits per heavy atom. The zero-order chi connectivity index (χ0) is 11.6. The van der Waals surface area contributed by atoms with Crippen LogP contribution in [0.4, 0.5) is 0 Å². The molecule has 0 radical (unpaired) electrons. The van der Waals surface area contributed by atoms with Gasteiger partial charge in [-0.05, 0) is 6.08 Å². The molecule has 4 atom stereocenters. The minimum Gasteiger partial charge on any atom is -0.393 e. The first-order valence-electron chi connectivity index (χ1n) is 5.58. The van der Waals surface area contributed by atoms with Crippen LogP contribution in [0.5, 0.6) is 0 Å². The predicted octanol–water partition coefficient (Wildman–Crippen LogP) is -0.618. The first kappa shape index (κ1) is 9.76. The molecule has 4 aliphatic rings. The van der Waals surface area contributed by atoms with Gasteiger partial charge in [-0.3, -0.25) is 9.59 Å². The van der Waals surface area contributed by atoms with E-state index in [0.29, 0.717) is 13.2 Å². The van der Waals surface area contributed by atoms with E-state index >= 15 is 0 Å². The Morgan fingerprint density at radius 2 is 1.94 bits per heavy atom. The molecular weight excluding hydrogens is 228 g/mol. The fourth-order valence-corrected chi connectivity index (χ4v) is 3.13. The Balaban J connectivity index is 1.79. The average Bonchev–Trinajstić information content (AvgIpc) is 3.02. The summed E-state index contributed by atoms with van der Waals surface area (Å²) in [5, 5.41) is 0. The lowest BCUT2D eigenvalue weighted by molar-refractivity contribution is -0.188. The van der Waals surface area contributed by atoms with Crippen molar-refractivity contribution in [1.29, 1.82) is 0 Å². The minimum absolute atomic E-state index is 0.397. The lowest BCUT2D eigenvalue weighted by atomic mass is 9.76. The molecule has 0 spiro atoms. The summed E-state index contributed by atoms with van der Waals surface area (Å²) in [6, 6.07) is 0. The number of carbonyl (C=O) groups excluding carboxylic acids is 2. The van der Waals surface area contributed by atoms with Crippen LogP contribution in [0, 0.1) is 11.8 Å². The number of esters is 2. The first-order valence-corrected chi connectivity index (χ1v) is 5.58. The van der Waals surface area contributed by atoms with E-state index in [1.54, 1.807) is 12.2 Å². The highest BCUT2D eigenvalue weighted by atomic mass is 16.7. The van der Waals surface area contributed by atoms with Crippen LogP contribution in [-0.2, 0) is 28.5 Å². The maximum atomic E-state index is 11.7. The Labute approximate surface area is 96.5 Å². The molecule has 2 bridgehead atoms. The molecule has 0 aromatic rings. The monoisotopic (exact) mass is 238 g/mol. The molecule has 4 rings (SSSR count). The van der Waals surface area contributed by atoms with Crippen molar-refractivity contribution < 1.29 is 28.5 Å². The second-order valence-electron chi connectivity index (χ2n) is 4.61. The van der Waals surface area contributed by atoms with E-state index in [-0.39, 0.29) is 0 Å². The Bertz CT molecular complexity index is 437. The van der Waals surface area contributed by atoms with E-state index in [1.165, 1.54) is 0 Å². The van der Waals surface area contributed by atoms with Gasteiger partial charge in [0.25, 0.3) is 0 Å². The molecule has 2 unspecified atom stereocenters. The molecular formula is C11H10O6. The molecule has 3 saturated heterocycles. The zero-order valence-electron chi connectivity index (χ0n) is 8.83. The molecule has 17 heavy (non-hydrogen) atoms. The Hall–Kier alpha value is -1.24. The van der Waals surface area contributed by atoms with Gasteiger partial charge in [-0.2, -0.15) is 0 Å².